The van der Waals surface area contributed by atoms with E-state index in [1.165, 1.54) is 6.42 Å². The maximum absolute atomic E-state index is 12.4. The molecule has 2 bridgehead atoms. The van der Waals surface area contributed by atoms with Gasteiger partial charge >= 0.3 is 0 Å². The average Bonchev–Trinajstić information content (AvgIpc) is 3.20. The number of amides is 1. The Hall–Kier alpha value is -1.66. The summed E-state index contributed by atoms with van der Waals surface area (Å²) < 4.78 is 1.09. The van der Waals surface area contributed by atoms with Gasteiger partial charge in [-0.25, -0.2) is 4.98 Å². The van der Waals surface area contributed by atoms with E-state index in [1.807, 2.05) is 13.1 Å². The molecule has 2 fully saturated rings. The Morgan fingerprint density at radius 2 is 2.33 bits per heavy atom. The molecule has 0 radical (unpaired) electrons. The molecule has 2 aromatic heterocycles. The standard InChI is InChI=1S/C15H18N4OS/c1-16-14-5-8-4-12(17-7-13(8)21-14)15(20)19-11-6-9-2-3-10(11)18-9/h4-5,7,9-11,16,18H,2-3,6H2,1H3,(H,19,20)/t9-,10+,11-/m1/s1. The Labute approximate surface area is 127 Å². The highest BCUT2D eigenvalue weighted by Crippen LogP contribution is 2.30. The van der Waals surface area contributed by atoms with E-state index in [0.29, 0.717) is 17.8 Å². The Morgan fingerprint density at radius 3 is 3.05 bits per heavy atom. The second kappa shape index (κ2) is 4.96. The summed E-state index contributed by atoms with van der Waals surface area (Å²) in [5, 5.41) is 11.9. The van der Waals surface area contributed by atoms with Gasteiger partial charge in [0.25, 0.3) is 5.91 Å². The first-order valence-electron chi connectivity index (χ1n) is 7.37. The molecule has 3 atom stereocenters. The molecule has 0 aliphatic carbocycles. The van der Waals surface area contributed by atoms with Gasteiger partial charge in [0, 0.05) is 31.4 Å². The van der Waals surface area contributed by atoms with Crippen LogP contribution in [0.15, 0.2) is 18.3 Å². The summed E-state index contributed by atoms with van der Waals surface area (Å²) in [6.45, 7) is 0. The predicted molar refractivity (Wildman–Crippen MR) is 85.0 cm³/mol. The molecule has 3 N–H and O–H groups in total. The number of carbonyl (C=O) groups excluding carboxylic acids is 1. The van der Waals surface area contributed by atoms with Crippen molar-refractivity contribution in [3.63, 3.8) is 0 Å². The van der Waals surface area contributed by atoms with Gasteiger partial charge in [-0.2, -0.15) is 0 Å². The van der Waals surface area contributed by atoms with Crippen LogP contribution in [0.25, 0.3) is 10.1 Å². The van der Waals surface area contributed by atoms with Gasteiger partial charge in [-0.1, -0.05) is 0 Å². The number of carbonyl (C=O) groups is 1. The molecule has 0 unspecified atom stereocenters. The highest BCUT2D eigenvalue weighted by molar-refractivity contribution is 7.22. The van der Waals surface area contributed by atoms with Crippen LogP contribution in [-0.4, -0.2) is 36.1 Å². The van der Waals surface area contributed by atoms with Crippen LogP contribution < -0.4 is 16.0 Å². The summed E-state index contributed by atoms with van der Waals surface area (Å²) in [5.74, 6) is -0.0616. The lowest BCUT2D eigenvalue weighted by Crippen LogP contribution is -2.43. The SMILES string of the molecule is CNc1cc2cc(C(=O)N[C@@H]3C[C@H]4CC[C@@H]3N4)ncc2s1. The van der Waals surface area contributed by atoms with Crippen molar-refractivity contribution in [2.45, 2.75) is 37.4 Å². The van der Waals surface area contributed by atoms with E-state index in [2.05, 4.69) is 27.0 Å². The van der Waals surface area contributed by atoms with Gasteiger partial charge in [-0.3, -0.25) is 4.79 Å². The topological polar surface area (TPSA) is 66.1 Å². The van der Waals surface area contributed by atoms with Crippen LogP contribution >= 0.6 is 11.3 Å². The summed E-state index contributed by atoms with van der Waals surface area (Å²) in [6.07, 6.45) is 5.23. The van der Waals surface area contributed by atoms with Crippen molar-refractivity contribution in [1.82, 2.24) is 15.6 Å². The van der Waals surface area contributed by atoms with Gasteiger partial charge in [0.05, 0.1) is 9.70 Å². The van der Waals surface area contributed by atoms with Gasteiger partial charge in [0.1, 0.15) is 5.69 Å². The Balaban J connectivity index is 1.53. The van der Waals surface area contributed by atoms with Crippen molar-refractivity contribution in [3.05, 3.63) is 24.0 Å². The molecule has 110 valence electrons. The molecule has 0 saturated carbocycles. The first-order valence-corrected chi connectivity index (χ1v) is 8.19. The monoisotopic (exact) mass is 302 g/mol. The highest BCUT2D eigenvalue weighted by atomic mass is 32.1. The summed E-state index contributed by atoms with van der Waals surface area (Å²) in [6, 6.07) is 5.22. The second-order valence-corrected chi connectivity index (χ2v) is 6.91. The molecule has 6 heteroatoms. The van der Waals surface area contributed by atoms with Gasteiger partial charge in [-0.05, 0) is 36.8 Å². The minimum atomic E-state index is -0.0616. The Bertz CT molecular complexity index is 698. The van der Waals surface area contributed by atoms with Crippen LogP contribution in [0.4, 0.5) is 5.00 Å². The molecule has 5 nitrogen and oxygen atoms in total. The van der Waals surface area contributed by atoms with E-state index in [9.17, 15) is 4.79 Å². The molecule has 0 aromatic carbocycles. The largest absolute Gasteiger partial charge is 0.380 e. The minimum Gasteiger partial charge on any atom is -0.380 e. The lowest BCUT2D eigenvalue weighted by Gasteiger charge is -2.21. The fraction of sp³-hybridized carbons (Fsp3) is 0.467. The molecule has 2 aliphatic rings. The lowest BCUT2D eigenvalue weighted by atomic mass is 9.95. The Kier molecular flexibility index (Phi) is 3.08. The summed E-state index contributed by atoms with van der Waals surface area (Å²) in [5.41, 5.74) is 0.505. The third-order valence-electron chi connectivity index (χ3n) is 4.50. The van der Waals surface area contributed by atoms with Crippen molar-refractivity contribution >= 4 is 32.3 Å². The molecule has 0 spiro atoms. The van der Waals surface area contributed by atoms with Crippen LogP contribution in [0.1, 0.15) is 29.8 Å². The number of rotatable bonds is 3. The quantitative estimate of drug-likeness (QED) is 0.811. The molecule has 2 aliphatic heterocycles. The van der Waals surface area contributed by atoms with Crippen molar-refractivity contribution in [2.75, 3.05) is 12.4 Å². The summed E-state index contributed by atoms with van der Waals surface area (Å²) >= 11 is 1.65. The predicted octanol–water partition coefficient (Wildman–Crippen LogP) is 1.96. The first kappa shape index (κ1) is 13.0. The van der Waals surface area contributed by atoms with Gasteiger partial charge in [-0.15, -0.1) is 11.3 Å². The van der Waals surface area contributed by atoms with Gasteiger partial charge < -0.3 is 16.0 Å². The van der Waals surface area contributed by atoms with Crippen LogP contribution in [-0.2, 0) is 0 Å². The number of anilines is 1. The number of thiophene rings is 1. The Morgan fingerprint density at radius 1 is 1.43 bits per heavy atom. The van der Waals surface area contributed by atoms with Crippen molar-refractivity contribution in [1.29, 1.82) is 0 Å². The molecule has 4 rings (SSSR count). The van der Waals surface area contributed by atoms with Crippen molar-refractivity contribution < 1.29 is 4.79 Å². The fourth-order valence-corrected chi connectivity index (χ4v) is 4.29. The van der Waals surface area contributed by atoms with Gasteiger partial charge in [0.15, 0.2) is 0 Å². The van der Waals surface area contributed by atoms with Crippen LogP contribution in [0.5, 0.6) is 0 Å². The molecular weight excluding hydrogens is 284 g/mol. The van der Waals surface area contributed by atoms with Crippen molar-refractivity contribution in [2.24, 2.45) is 0 Å². The molecule has 2 saturated heterocycles. The second-order valence-electron chi connectivity index (χ2n) is 5.83. The zero-order valence-corrected chi connectivity index (χ0v) is 12.7. The summed E-state index contributed by atoms with van der Waals surface area (Å²) in [7, 11) is 1.90. The molecule has 1 amide bonds. The highest BCUT2D eigenvalue weighted by Gasteiger charge is 2.39. The maximum Gasteiger partial charge on any atom is 0.270 e. The van der Waals surface area contributed by atoms with Crippen LogP contribution in [0, 0.1) is 0 Å². The normalized spacial score (nSPS) is 27.2. The number of hydrogen-bond donors (Lipinski definition) is 3. The molecule has 21 heavy (non-hydrogen) atoms. The van der Waals surface area contributed by atoms with E-state index < -0.39 is 0 Å². The smallest absolute Gasteiger partial charge is 0.270 e. The van der Waals surface area contributed by atoms with Crippen molar-refractivity contribution in [3.8, 4) is 0 Å². The lowest BCUT2D eigenvalue weighted by molar-refractivity contribution is 0.0926. The number of fused-ring (bicyclic) bond motifs is 3. The molecular formula is C15H18N4OS. The number of hydrogen-bond acceptors (Lipinski definition) is 5. The molecule has 4 heterocycles. The zero-order chi connectivity index (χ0) is 14.4. The van der Waals surface area contributed by atoms with Gasteiger partial charge in [0.2, 0.25) is 0 Å². The maximum atomic E-state index is 12.4. The number of aromatic nitrogens is 1. The number of nitrogens with one attached hydrogen (secondary N) is 3. The number of nitrogens with zero attached hydrogens (tertiary/aromatic N) is 1. The van der Waals surface area contributed by atoms with E-state index in [4.69, 9.17) is 0 Å². The van der Waals surface area contributed by atoms with E-state index in [-0.39, 0.29) is 11.9 Å². The first-order chi connectivity index (χ1) is 10.2. The van der Waals surface area contributed by atoms with Crippen LogP contribution in [0.2, 0.25) is 0 Å². The third-order valence-corrected chi connectivity index (χ3v) is 5.60. The minimum absolute atomic E-state index is 0.0616. The van der Waals surface area contributed by atoms with Crippen LogP contribution in [0.3, 0.4) is 0 Å². The van der Waals surface area contributed by atoms with E-state index >= 15 is 0 Å². The zero-order valence-electron chi connectivity index (χ0n) is 11.8. The van der Waals surface area contributed by atoms with E-state index in [0.717, 1.165) is 27.9 Å². The van der Waals surface area contributed by atoms with E-state index in [1.54, 1.807) is 17.5 Å². The fourth-order valence-electron chi connectivity index (χ4n) is 3.42. The molecule has 2 aromatic rings. The average molecular weight is 302 g/mol. The summed E-state index contributed by atoms with van der Waals surface area (Å²) in [4.78, 5) is 16.7. The number of pyridine rings is 1. The third kappa shape index (κ3) is 2.28.